The van der Waals surface area contributed by atoms with Crippen LogP contribution in [0.3, 0.4) is 0 Å². The zero-order chi connectivity index (χ0) is 13.2. The molecule has 0 bridgehead atoms. The molecule has 0 radical (unpaired) electrons. The van der Waals surface area contributed by atoms with Gasteiger partial charge in [-0.15, -0.1) is 0 Å². The van der Waals surface area contributed by atoms with Crippen molar-refractivity contribution in [1.82, 2.24) is 9.78 Å². The quantitative estimate of drug-likeness (QED) is 0.899. The highest BCUT2D eigenvalue weighted by Crippen LogP contribution is 2.32. The van der Waals surface area contributed by atoms with E-state index in [0.29, 0.717) is 0 Å². The van der Waals surface area contributed by atoms with Crippen LogP contribution in [0.2, 0.25) is 5.02 Å². The Morgan fingerprint density at radius 3 is 2.79 bits per heavy atom. The molecule has 0 saturated carbocycles. The molecule has 1 aliphatic heterocycles. The smallest absolute Gasteiger partial charge is 0.128 e. The molecule has 2 heterocycles. The minimum Gasteiger partial charge on any atom is -0.370 e. The summed E-state index contributed by atoms with van der Waals surface area (Å²) in [6.45, 7) is 4.06. The number of benzene rings is 1. The number of rotatable bonds is 2. The van der Waals surface area contributed by atoms with Crippen LogP contribution in [-0.4, -0.2) is 16.3 Å². The Balaban J connectivity index is 2.10. The van der Waals surface area contributed by atoms with Crippen LogP contribution in [0, 0.1) is 0 Å². The normalized spacial score (nSPS) is 14.6. The summed E-state index contributed by atoms with van der Waals surface area (Å²) in [6.07, 6.45) is 3.54. The van der Waals surface area contributed by atoms with E-state index in [1.807, 2.05) is 12.1 Å². The molecule has 3 rings (SSSR count). The van der Waals surface area contributed by atoms with Crippen LogP contribution >= 0.6 is 11.6 Å². The summed E-state index contributed by atoms with van der Waals surface area (Å²) in [5.74, 6) is 1.20. The predicted octanol–water partition coefficient (Wildman–Crippen LogP) is 3.97. The van der Waals surface area contributed by atoms with E-state index in [9.17, 15) is 0 Å². The lowest BCUT2D eigenvalue weighted by Gasteiger charge is -2.06. The van der Waals surface area contributed by atoms with E-state index < -0.39 is 0 Å². The van der Waals surface area contributed by atoms with Crippen molar-refractivity contribution in [2.24, 2.45) is 0 Å². The molecule has 1 N–H and O–H groups in total. The van der Waals surface area contributed by atoms with Crippen molar-refractivity contribution in [2.75, 3.05) is 11.9 Å². The molecule has 0 atom stereocenters. The van der Waals surface area contributed by atoms with Gasteiger partial charge >= 0.3 is 0 Å². The first-order valence-electron chi connectivity index (χ1n) is 6.89. The third-order valence-electron chi connectivity index (χ3n) is 3.61. The van der Waals surface area contributed by atoms with E-state index in [1.54, 1.807) is 0 Å². The average molecular weight is 276 g/mol. The zero-order valence-electron chi connectivity index (χ0n) is 11.1. The zero-order valence-corrected chi connectivity index (χ0v) is 11.9. The topological polar surface area (TPSA) is 29.9 Å². The van der Waals surface area contributed by atoms with Gasteiger partial charge in [-0.3, -0.25) is 0 Å². The second kappa shape index (κ2) is 5.25. The fourth-order valence-corrected chi connectivity index (χ4v) is 2.76. The highest BCUT2D eigenvalue weighted by Gasteiger charge is 2.19. The number of anilines is 1. The van der Waals surface area contributed by atoms with Crippen molar-refractivity contribution in [3.05, 3.63) is 34.9 Å². The number of fused-ring (bicyclic) bond motifs is 1. The molecule has 1 aromatic carbocycles. The maximum absolute atomic E-state index is 5.96. The first-order chi connectivity index (χ1) is 9.29. The minimum atomic E-state index is 0.767. The molecule has 0 aliphatic carbocycles. The highest BCUT2D eigenvalue weighted by atomic mass is 35.5. The largest absolute Gasteiger partial charge is 0.370 e. The van der Waals surface area contributed by atoms with Gasteiger partial charge in [-0.2, -0.15) is 5.10 Å². The van der Waals surface area contributed by atoms with Crippen LogP contribution in [-0.2, 0) is 13.0 Å². The first kappa shape index (κ1) is 12.5. The number of aromatic nitrogens is 2. The van der Waals surface area contributed by atoms with Crippen molar-refractivity contribution in [3.8, 4) is 11.3 Å². The molecular weight excluding hydrogens is 258 g/mol. The maximum atomic E-state index is 5.96. The molecule has 1 aliphatic rings. The van der Waals surface area contributed by atoms with Gasteiger partial charge in [0.25, 0.3) is 0 Å². The standard InChI is InChI=1S/C15H18ClN3/c1-2-19-15-13(5-3-4-10-17-15)14(18-19)11-6-8-12(16)9-7-11/h6-9,17H,2-5,10H2,1H3. The van der Waals surface area contributed by atoms with Crippen LogP contribution < -0.4 is 5.32 Å². The second-order valence-electron chi connectivity index (χ2n) is 4.88. The molecule has 1 aromatic heterocycles. The summed E-state index contributed by atoms with van der Waals surface area (Å²) in [5.41, 5.74) is 3.60. The van der Waals surface area contributed by atoms with Crippen LogP contribution in [0.15, 0.2) is 24.3 Å². The van der Waals surface area contributed by atoms with Crippen LogP contribution in [0.5, 0.6) is 0 Å². The lowest BCUT2D eigenvalue weighted by Crippen LogP contribution is -2.07. The number of hydrogen-bond donors (Lipinski definition) is 1. The summed E-state index contributed by atoms with van der Waals surface area (Å²) in [7, 11) is 0. The maximum Gasteiger partial charge on any atom is 0.128 e. The Bertz CT molecular complexity index is 572. The molecule has 100 valence electrons. The van der Waals surface area contributed by atoms with Gasteiger partial charge in [-0.05, 0) is 38.3 Å². The highest BCUT2D eigenvalue weighted by molar-refractivity contribution is 6.30. The molecule has 0 amide bonds. The molecule has 3 nitrogen and oxygen atoms in total. The first-order valence-corrected chi connectivity index (χ1v) is 7.27. The molecular formula is C15H18ClN3. The van der Waals surface area contributed by atoms with Gasteiger partial charge in [0.15, 0.2) is 0 Å². The molecule has 0 fully saturated rings. The van der Waals surface area contributed by atoms with Gasteiger partial charge in [0.2, 0.25) is 0 Å². The minimum absolute atomic E-state index is 0.767. The molecule has 4 heteroatoms. The number of hydrogen-bond acceptors (Lipinski definition) is 2. The van der Waals surface area contributed by atoms with Gasteiger partial charge in [0.1, 0.15) is 5.82 Å². The number of nitrogens with one attached hydrogen (secondary N) is 1. The molecule has 0 spiro atoms. The predicted molar refractivity (Wildman–Crippen MR) is 79.8 cm³/mol. The van der Waals surface area contributed by atoms with Gasteiger partial charge in [0, 0.05) is 29.2 Å². The van der Waals surface area contributed by atoms with Crippen LogP contribution in [0.1, 0.15) is 25.3 Å². The van der Waals surface area contributed by atoms with Crippen molar-refractivity contribution in [2.45, 2.75) is 32.7 Å². The average Bonchev–Trinajstić information content (AvgIpc) is 2.61. The van der Waals surface area contributed by atoms with E-state index in [0.717, 1.165) is 35.8 Å². The van der Waals surface area contributed by atoms with Crippen molar-refractivity contribution >= 4 is 17.4 Å². The Morgan fingerprint density at radius 2 is 2.05 bits per heavy atom. The van der Waals surface area contributed by atoms with E-state index in [4.69, 9.17) is 16.7 Å². The number of aryl methyl sites for hydroxylation is 1. The van der Waals surface area contributed by atoms with E-state index in [1.165, 1.54) is 24.2 Å². The van der Waals surface area contributed by atoms with Crippen LogP contribution in [0.25, 0.3) is 11.3 Å². The van der Waals surface area contributed by atoms with Crippen molar-refractivity contribution in [1.29, 1.82) is 0 Å². The van der Waals surface area contributed by atoms with E-state index in [2.05, 4.69) is 29.1 Å². The lowest BCUT2D eigenvalue weighted by molar-refractivity contribution is 0.665. The second-order valence-corrected chi connectivity index (χ2v) is 5.32. The van der Waals surface area contributed by atoms with E-state index in [-0.39, 0.29) is 0 Å². The Hall–Kier alpha value is -1.48. The summed E-state index contributed by atoms with van der Waals surface area (Å²) in [5, 5.41) is 9.05. The Morgan fingerprint density at radius 1 is 1.26 bits per heavy atom. The number of nitrogens with zero attached hydrogens (tertiary/aromatic N) is 2. The lowest BCUT2D eigenvalue weighted by atomic mass is 10.0. The molecule has 0 unspecified atom stereocenters. The van der Waals surface area contributed by atoms with Gasteiger partial charge in [-0.25, -0.2) is 4.68 Å². The third kappa shape index (κ3) is 2.35. The van der Waals surface area contributed by atoms with E-state index >= 15 is 0 Å². The summed E-state index contributed by atoms with van der Waals surface area (Å²) in [4.78, 5) is 0. The molecule has 0 saturated heterocycles. The number of halogens is 1. The summed E-state index contributed by atoms with van der Waals surface area (Å²) >= 11 is 5.96. The molecule has 2 aromatic rings. The molecule has 19 heavy (non-hydrogen) atoms. The van der Waals surface area contributed by atoms with Gasteiger partial charge in [-0.1, -0.05) is 23.7 Å². The monoisotopic (exact) mass is 275 g/mol. The van der Waals surface area contributed by atoms with Crippen molar-refractivity contribution in [3.63, 3.8) is 0 Å². The summed E-state index contributed by atoms with van der Waals surface area (Å²) in [6, 6.07) is 7.96. The SMILES string of the molecule is CCn1nc(-c2ccc(Cl)cc2)c2c1NCCCC2. The van der Waals surface area contributed by atoms with Crippen molar-refractivity contribution < 1.29 is 0 Å². The fraction of sp³-hybridized carbons (Fsp3) is 0.400. The van der Waals surface area contributed by atoms with Crippen LogP contribution in [0.4, 0.5) is 5.82 Å². The van der Waals surface area contributed by atoms with Gasteiger partial charge in [0.05, 0.1) is 5.69 Å². The summed E-state index contributed by atoms with van der Waals surface area (Å²) < 4.78 is 2.07. The Labute approximate surface area is 118 Å². The Kier molecular flexibility index (Phi) is 3.47. The fourth-order valence-electron chi connectivity index (χ4n) is 2.64. The third-order valence-corrected chi connectivity index (χ3v) is 3.87. The van der Waals surface area contributed by atoms with Gasteiger partial charge < -0.3 is 5.32 Å².